The van der Waals surface area contributed by atoms with Crippen LogP contribution in [0.2, 0.25) is 0 Å². The van der Waals surface area contributed by atoms with Crippen molar-refractivity contribution in [3.8, 4) is 0 Å². The second-order valence-electron chi connectivity index (χ2n) is 5.77. The van der Waals surface area contributed by atoms with E-state index in [-0.39, 0.29) is 11.9 Å². The minimum atomic E-state index is -0.574. The number of hydrogen-bond acceptors (Lipinski definition) is 3. The highest BCUT2D eigenvalue weighted by atomic mass is 16.5. The van der Waals surface area contributed by atoms with Crippen LogP contribution in [-0.4, -0.2) is 25.0 Å². The zero-order valence-corrected chi connectivity index (χ0v) is 14.1. The third-order valence-corrected chi connectivity index (χ3v) is 3.62. The van der Waals surface area contributed by atoms with E-state index in [9.17, 15) is 9.59 Å². The number of rotatable bonds is 8. The quantitative estimate of drug-likeness (QED) is 0.590. The minimum absolute atomic E-state index is 0.224. The van der Waals surface area contributed by atoms with Crippen LogP contribution in [0.3, 0.4) is 0 Å². The molecule has 0 aliphatic heterocycles. The van der Waals surface area contributed by atoms with Crippen LogP contribution >= 0.6 is 0 Å². The highest BCUT2D eigenvalue weighted by molar-refractivity contribution is 5.97. The number of carbonyl (C=O) groups excluding carboxylic acids is 2. The number of hydrogen-bond donors (Lipinski definition) is 1. The van der Waals surface area contributed by atoms with Gasteiger partial charge in [0.2, 0.25) is 0 Å². The minimum Gasteiger partial charge on any atom is -0.467 e. The van der Waals surface area contributed by atoms with Crippen LogP contribution < -0.4 is 5.32 Å². The van der Waals surface area contributed by atoms with Gasteiger partial charge in [0.25, 0.3) is 5.91 Å². The normalized spacial score (nSPS) is 11.8. The molecule has 1 aromatic rings. The lowest BCUT2D eigenvalue weighted by atomic mass is 10.0. The Morgan fingerprint density at radius 1 is 1.09 bits per heavy atom. The summed E-state index contributed by atoms with van der Waals surface area (Å²) in [5, 5.41) is 2.80. The van der Waals surface area contributed by atoms with Gasteiger partial charge in [-0.1, -0.05) is 49.8 Å². The van der Waals surface area contributed by atoms with Gasteiger partial charge in [0.05, 0.1) is 7.11 Å². The Bertz CT molecular complexity index is 491. The number of unbranched alkanes of at least 4 members (excludes halogenated alkanes) is 3. The molecule has 1 atom stereocenters. The van der Waals surface area contributed by atoms with Gasteiger partial charge in [0.1, 0.15) is 6.04 Å². The number of esters is 1. The molecule has 22 heavy (non-hydrogen) atoms. The number of benzene rings is 1. The maximum Gasteiger partial charge on any atom is 0.328 e. The van der Waals surface area contributed by atoms with Gasteiger partial charge in [0.15, 0.2) is 0 Å². The zero-order valence-electron chi connectivity index (χ0n) is 14.1. The molecule has 0 saturated carbocycles. The van der Waals surface area contributed by atoms with Crippen LogP contribution in [0.1, 0.15) is 60.5 Å². The van der Waals surface area contributed by atoms with E-state index >= 15 is 0 Å². The molecular weight excluding hydrogens is 278 g/mol. The van der Waals surface area contributed by atoms with Crippen LogP contribution in [0.15, 0.2) is 18.2 Å². The molecule has 0 unspecified atom stereocenters. The largest absolute Gasteiger partial charge is 0.467 e. The molecule has 4 heteroatoms. The Morgan fingerprint density at radius 3 is 2.27 bits per heavy atom. The average molecular weight is 305 g/mol. The smallest absolute Gasteiger partial charge is 0.328 e. The van der Waals surface area contributed by atoms with E-state index in [1.165, 1.54) is 7.11 Å². The Labute approximate surface area is 133 Å². The van der Waals surface area contributed by atoms with Gasteiger partial charge < -0.3 is 10.1 Å². The summed E-state index contributed by atoms with van der Waals surface area (Å²) >= 11 is 0. The Balaban J connectivity index is 2.71. The molecule has 1 rings (SSSR count). The van der Waals surface area contributed by atoms with Crippen molar-refractivity contribution in [1.29, 1.82) is 0 Å². The lowest BCUT2D eigenvalue weighted by Crippen LogP contribution is -2.41. The summed E-state index contributed by atoms with van der Waals surface area (Å²) in [6.45, 7) is 6.04. The average Bonchev–Trinajstić information content (AvgIpc) is 2.48. The number of aryl methyl sites for hydroxylation is 2. The maximum atomic E-state index is 12.3. The first-order chi connectivity index (χ1) is 10.5. The first-order valence-corrected chi connectivity index (χ1v) is 7.95. The van der Waals surface area contributed by atoms with Crippen molar-refractivity contribution in [2.24, 2.45) is 0 Å². The van der Waals surface area contributed by atoms with Crippen LogP contribution in [0.25, 0.3) is 0 Å². The molecule has 0 radical (unpaired) electrons. The van der Waals surface area contributed by atoms with Crippen LogP contribution in [0.5, 0.6) is 0 Å². The van der Waals surface area contributed by atoms with Gasteiger partial charge >= 0.3 is 5.97 Å². The first kappa shape index (κ1) is 18.2. The van der Waals surface area contributed by atoms with Crippen molar-refractivity contribution in [2.45, 2.75) is 58.9 Å². The molecule has 0 aliphatic rings. The van der Waals surface area contributed by atoms with Gasteiger partial charge in [0, 0.05) is 5.56 Å². The number of methoxy groups -OCH3 is 1. The topological polar surface area (TPSA) is 55.4 Å². The van der Waals surface area contributed by atoms with Gasteiger partial charge in [-0.15, -0.1) is 0 Å². The first-order valence-electron chi connectivity index (χ1n) is 7.95. The summed E-state index contributed by atoms with van der Waals surface area (Å²) in [5.41, 5.74) is 2.64. The summed E-state index contributed by atoms with van der Waals surface area (Å²) < 4.78 is 4.80. The van der Waals surface area contributed by atoms with Crippen molar-refractivity contribution >= 4 is 11.9 Å². The number of nitrogens with one attached hydrogen (secondary N) is 1. The number of ether oxygens (including phenoxy) is 1. The predicted molar refractivity (Wildman–Crippen MR) is 87.9 cm³/mol. The third-order valence-electron chi connectivity index (χ3n) is 3.62. The highest BCUT2D eigenvalue weighted by Gasteiger charge is 2.21. The Kier molecular flexibility index (Phi) is 7.64. The van der Waals surface area contributed by atoms with Crippen molar-refractivity contribution in [3.63, 3.8) is 0 Å². The van der Waals surface area contributed by atoms with E-state index in [2.05, 4.69) is 12.2 Å². The molecule has 122 valence electrons. The molecule has 1 N–H and O–H groups in total. The van der Waals surface area contributed by atoms with E-state index in [0.29, 0.717) is 12.0 Å². The molecule has 0 spiro atoms. The maximum absolute atomic E-state index is 12.3. The van der Waals surface area contributed by atoms with Crippen LogP contribution in [0, 0.1) is 13.8 Å². The molecular formula is C18H27NO3. The fourth-order valence-electron chi connectivity index (χ4n) is 2.51. The molecule has 1 amide bonds. The van der Waals surface area contributed by atoms with Crippen molar-refractivity contribution in [1.82, 2.24) is 5.32 Å². The Hall–Kier alpha value is -1.84. The molecule has 1 aromatic carbocycles. The molecule has 4 nitrogen and oxygen atoms in total. The molecule has 0 fully saturated rings. The van der Waals surface area contributed by atoms with Crippen LogP contribution in [-0.2, 0) is 9.53 Å². The summed E-state index contributed by atoms with van der Waals surface area (Å²) in [4.78, 5) is 24.2. The summed E-state index contributed by atoms with van der Waals surface area (Å²) in [5.74, 6) is -0.605. The second kappa shape index (κ2) is 9.23. The van der Waals surface area contributed by atoms with Gasteiger partial charge in [-0.25, -0.2) is 4.79 Å². The van der Waals surface area contributed by atoms with E-state index in [1.807, 2.05) is 32.0 Å². The molecule has 0 saturated heterocycles. The lowest BCUT2D eigenvalue weighted by Gasteiger charge is -2.17. The lowest BCUT2D eigenvalue weighted by molar-refractivity contribution is -0.143. The van der Waals surface area contributed by atoms with E-state index < -0.39 is 6.04 Å². The van der Waals surface area contributed by atoms with Crippen LogP contribution in [0.4, 0.5) is 0 Å². The molecule has 0 bridgehead atoms. The zero-order chi connectivity index (χ0) is 16.5. The summed E-state index contributed by atoms with van der Waals surface area (Å²) in [6, 6.07) is 5.09. The van der Waals surface area contributed by atoms with E-state index in [0.717, 1.165) is 36.8 Å². The van der Waals surface area contributed by atoms with Crippen molar-refractivity contribution in [3.05, 3.63) is 34.9 Å². The highest BCUT2D eigenvalue weighted by Crippen LogP contribution is 2.11. The third kappa shape index (κ3) is 5.88. The van der Waals surface area contributed by atoms with E-state index in [4.69, 9.17) is 4.74 Å². The molecule has 0 aliphatic carbocycles. The van der Waals surface area contributed by atoms with Crippen molar-refractivity contribution < 1.29 is 14.3 Å². The van der Waals surface area contributed by atoms with Gasteiger partial charge in [-0.3, -0.25) is 4.79 Å². The Morgan fingerprint density at radius 2 is 1.73 bits per heavy atom. The fourth-order valence-corrected chi connectivity index (χ4v) is 2.51. The summed E-state index contributed by atoms with van der Waals surface area (Å²) in [6.07, 6.45) is 4.85. The van der Waals surface area contributed by atoms with E-state index in [1.54, 1.807) is 0 Å². The standard InChI is InChI=1S/C18H27NO3/c1-5-6-7-8-9-16(18(21)22-4)19-17(20)15-11-13(2)10-14(3)12-15/h10-12,16H,5-9H2,1-4H3,(H,19,20)/t16-/m0/s1. The number of amides is 1. The molecule has 0 aromatic heterocycles. The van der Waals surface area contributed by atoms with Gasteiger partial charge in [-0.05, 0) is 32.4 Å². The van der Waals surface area contributed by atoms with Crippen molar-refractivity contribution in [2.75, 3.05) is 7.11 Å². The monoisotopic (exact) mass is 305 g/mol. The second-order valence-corrected chi connectivity index (χ2v) is 5.77. The molecule has 0 heterocycles. The predicted octanol–water partition coefficient (Wildman–Crippen LogP) is 3.55. The number of carbonyl (C=O) groups is 2. The fraction of sp³-hybridized carbons (Fsp3) is 0.556. The SMILES string of the molecule is CCCCCC[C@H](NC(=O)c1cc(C)cc(C)c1)C(=O)OC. The van der Waals surface area contributed by atoms with Gasteiger partial charge in [-0.2, -0.15) is 0 Å². The summed E-state index contributed by atoms with van der Waals surface area (Å²) in [7, 11) is 1.35.